The second-order valence-electron chi connectivity index (χ2n) is 3.57. The molecule has 0 saturated heterocycles. The lowest BCUT2D eigenvalue weighted by atomic mass is 9.97. The third kappa shape index (κ3) is 1.63. The van der Waals surface area contributed by atoms with Crippen molar-refractivity contribution in [2.24, 2.45) is 5.73 Å². The molecule has 86 valence electrons. The van der Waals surface area contributed by atoms with E-state index in [1.807, 2.05) is 0 Å². The molecule has 2 rings (SSSR count). The highest BCUT2D eigenvalue weighted by Crippen LogP contribution is 2.35. The summed E-state index contributed by atoms with van der Waals surface area (Å²) in [5.74, 6) is -0.786. The highest BCUT2D eigenvalue weighted by molar-refractivity contribution is 5.93. The number of fused-ring (bicyclic) bond motifs is 1. The Hall–Kier alpha value is -1.62. The van der Waals surface area contributed by atoms with E-state index in [1.54, 1.807) is 0 Å². The minimum absolute atomic E-state index is 0.214. The van der Waals surface area contributed by atoms with Crippen LogP contribution in [0.4, 0.5) is 4.39 Å². The second-order valence-corrected chi connectivity index (χ2v) is 3.57. The molecule has 16 heavy (non-hydrogen) atoms. The maximum absolute atomic E-state index is 13.6. The quantitative estimate of drug-likeness (QED) is 0.734. The molecule has 0 bridgehead atoms. The van der Waals surface area contributed by atoms with Gasteiger partial charge in [0.25, 0.3) is 0 Å². The summed E-state index contributed by atoms with van der Waals surface area (Å²) in [4.78, 5) is 11.4. The smallest absolute Gasteiger partial charge is 0.341 e. The minimum atomic E-state index is -0.551. The number of benzene rings is 1. The van der Waals surface area contributed by atoms with Gasteiger partial charge in [-0.05, 0) is 12.1 Å². The van der Waals surface area contributed by atoms with Crippen LogP contribution in [0.5, 0.6) is 5.75 Å². The van der Waals surface area contributed by atoms with Crippen LogP contribution in [0.15, 0.2) is 12.1 Å². The number of methoxy groups -OCH3 is 1. The fourth-order valence-electron chi connectivity index (χ4n) is 1.78. The fourth-order valence-corrected chi connectivity index (χ4v) is 1.78. The van der Waals surface area contributed by atoms with Crippen molar-refractivity contribution in [3.63, 3.8) is 0 Å². The number of halogens is 1. The van der Waals surface area contributed by atoms with Crippen LogP contribution in [-0.4, -0.2) is 19.7 Å². The number of rotatable bonds is 1. The third-order valence-electron chi connectivity index (χ3n) is 2.59. The van der Waals surface area contributed by atoms with Crippen molar-refractivity contribution in [1.29, 1.82) is 0 Å². The zero-order chi connectivity index (χ0) is 11.7. The molecular weight excluding hydrogens is 213 g/mol. The summed E-state index contributed by atoms with van der Waals surface area (Å²) in [5, 5.41) is 0. The summed E-state index contributed by atoms with van der Waals surface area (Å²) in [6.45, 7) is 0.377. The fraction of sp³-hybridized carbons (Fsp3) is 0.364. The number of hydrogen-bond acceptors (Lipinski definition) is 4. The van der Waals surface area contributed by atoms with E-state index in [0.29, 0.717) is 13.0 Å². The predicted molar refractivity (Wildman–Crippen MR) is 54.8 cm³/mol. The molecule has 1 atom stereocenters. The van der Waals surface area contributed by atoms with Crippen LogP contribution < -0.4 is 10.5 Å². The summed E-state index contributed by atoms with van der Waals surface area (Å²) in [6.07, 6.45) is 0.536. The second kappa shape index (κ2) is 4.09. The number of ether oxygens (including phenoxy) is 2. The molecule has 0 aliphatic carbocycles. The maximum Gasteiger partial charge on any atom is 0.341 e. The van der Waals surface area contributed by atoms with E-state index in [-0.39, 0.29) is 16.9 Å². The van der Waals surface area contributed by atoms with Gasteiger partial charge >= 0.3 is 5.97 Å². The first kappa shape index (κ1) is 10.9. The summed E-state index contributed by atoms with van der Waals surface area (Å²) < 4.78 is 23.5. The summed E-state index contributed by atoms with van der Waals surface area (Å²) in [6, 6.07) is 2.12. The van der Waals surface area contributed by atoms with Crippen LogP contribution in [0.3, 0.4) is 0 Å². The molecule has 0 saturated carbocycles. The van der Waals surface area contributed by atoms with Crippen molar-refractivity contribution in [1.82, 2.24) is 0 Å². The zero-order valence-electron chi connectivity index (χ0n) is 8.83. The Morgan fingerprint density at radius 3 is 3.06 bits per heavy atom. The van der Waals surface area contributed by atoms with Crippen LogP contribution >= 0.6 is 0 Å². The predicted octanol–water partition coefficient (Wildman–Crippen LogP) is 1.39. The van der Waals surface area contributed by atoms with Gasteiger partial charge in [0.05, 0.1) is 13.7 Å². The molecule has 0 amide bonds. The largest absolute Gasteiger partial charge is 0.492 e. The molecule has 1 aromatic carbocycles. The summed E-state index contributed by atoms with van der Waals surface area (Å²) >= 11 is 0. The Morgan fingerprint density at radius 1 is 1.62 bits per heavy atom. The summed E-state index contributed by atoms with van der Waals surface area (Å²) in [7, 11) is 1.26. The molecule has 1 heterocycles. The Bertz CT molecular complexity index is 433. The minimum Gasteiger partial charge on any atom is -0.492 e. The third-order valence-corrected chi connectivity index (χ3v) is 2.59. The van der Waals surface area contributed by atoms with E-state index in [0.717, 1.165) is 0 Å². The Morgan fingerprint density at radius 2 is 2.38 bits per heavy atom. The van der Waals surface area contributed by atoms with Crippen LogP contribution in [0.25, 0.3) is 0 Å². The topological polar surface area (TPSA) is 61.5 Å². The van der Waals surface area contributed by atoms with Crippen LogP contribution in [0.2, 0.25) is 0 Å². The Balaban J connectivity index is 2.58. The van der Waals surface area contributed by atoms with Gasteiger partial charge in [0.2, 0.25) is 0 Å². The highest BCUT2D eigenvalue weighted by Gasteiger charge is 2.27. The summed E-state index contributed by atoms with van der Waals surface area (Å²) in [5.41, 5.74) is 6.26. The standard InChI is InChI=1S/C11H12FNO3/c1-15-11(14)6-2-3-7(12)9-8(13)4-5-16-10(6)9/h2-3,8H,4-5,13H2,1H3/t8-/m0/s1. The van der Waals surface area contributed by atoms with Crippen molar-refractivity contribution in [2.75, 3.05) is 13.7 Å². The van der Waals surface area contributed by atoms with Crippen LogP contribution in [-0.2, 0) is 4.74 Å². The van der Waals surface area contributed by atoms with E-state index in [2.05, 4.69) is 4.74 Å². The molecule has 2 N–H and O–H groups in total. The molecule has 5 heteroatoms. The lowest BCUT2D eigenvalue weighted by molar-refractivity contribution is 0.0594. The lowest BCUT2D eigenvalue weighted by Crippen LogP contribution is -2.24. The normalized spacial score (nSPS) is 18.6. The molecule has 0 spiro atoms. The van der Waals surface area contributed by atoms with Crippen molar-refractivity contribution in [3.05, 3.63) is 29.1 Å². The number of nitrogens with two attached hydrogens (primary N) is 1. The number of carbonyl (C=O) groups is 1. The van der Waals surface area contributed by atoms with Crippen molar-refractivity contribution in [3.8, 4) is 5.75 Å². The number of carbonyl (C=O) groups excluding carboxylic acids is 1. The number of hydrogen-bond donors (Lipinski definition) is 1. The van der Waals surface area contributed by atoms with E-state index in [4.69, 9.17) is 10.5 Å². The van der Waals surface area contributed by atoms with Crippen LogP contribution in [0, 0.1) is 5.82 Å². The maximum atomic E-state index is 13.6. The molecule has 0 aromatic heterocycles. The van der Waals surface area contributed by atoms with Gasteiger partial charge in [0, 0.05) is 18.0 Å². The Kier molecular flexibility index (Phi) is 2.78. The van der Waals surface area contributed by atoms with Gasteiger partial charge in [0.1, 0.15) is 17.1 Å². The molecule has 0 radical (unpaired) electrons. The molecule has 1 aliphatic heterocycles. The zero-order valence-corrected chi connectivity index (χ0v) is 8.83. The van der Waals surface area contributed by atoms with Crippen molar-refractivity contribution < 1.29 is 18.7 Å². The van der Waals surface area contributed by atoms with Gasteiger partial charge in [-0.2, -0.15) is 0 Å². The van der Waals surface area contributed by atoms with Crippen molar-refractivity contribution in [2.45, 2.75) is 12.5 Å². The highest BCUT2D eigenvalue weighted by atomic mass is 19.1. The van der Waals surface area contributed by atoms with E-state index in [9.17, 15) is 9.18 Å². The van der Waals surface area contributed by atoms with E-state index >= 15 is 0 Å². The molecule has 0 fully saturated rings. The molecule has 4 nitrogen and oxygen atoms in total. The molecule has 1 aromatic rings. The van der Waals surface area contributed by atoms with Gasteiger partial charge < -0.3 is 15.2 Å². The SMILES string of the molecule is COC(=O)c1ccc(F)c2c1OCC[C@@H]2N. The van der Waals surface area contributed by atoms with Gasteiger partial charge in [-0.1, -0.05) is 0 Å². The number of esters is 1. The van der Waals surface area contributed by atoms with Gasteiger partial charge in [-0.3, -0.25) is 0 Å². The van der Waals surface area contributed by atoms with Crippen molar-refractivity contribution >= 4 is 5.97 Å². The first-order valence-corrected chi connectivity index (χ1v) is 4.94. The van der Waals surface area contributed by atoms with Gasteiger partial charge in [-0.15, -0.1) is 0 Å². The first-order chi connectivity index (χ1) is 7.65. The van der Waals surface area contributed by atoms with E-state index in [1.165, 1.54) is 19.2 Å². The van der Waals surface area contributed by atoms with Gasteiger partial charge in [-0.25, -0.2) is 9.18 Å². The van der Waals surface area contributed by atoms with E-state index < -0.39 is 17.8 Å². The Labute approximate surface area is 92.1 Å². The lowest BCUT2D eigenvalue weighted by Gasteiger charge is -2.24. The average molecular weight is 225 g/mol. The molecular formula is C11H12FNO3. The molecule has 0 unspecified atom stereocenters. The van der Waals surface area contributed by atoms with Crippen LogP contribution in [0.1, 0.15) is 28.4 Å². The average Bonchev–Trinajstić information content (AvgIpc) is 2.28. The van der Waals surface area contributed by atoms with Gasteiger partial charge in [0.15, 0.2) is 0 Å². The first-order valence-electron chi connectivity index (χ1n) is 4.94. The molecule has 1 aliphatic rings. The monoisotopic (exact) mass is 225 g/mol.